The normalized spacial score (nSPS) is 22.2. The van der Waals surface area contributed by atoms with E-state index in [9.17, 15) is 4.79 Å². The molecule has 1 aliphatic rings. The maximum atomic E-state index is 12.2. The zero-order valence-electron chi connectivity index (χ0n) is 12.0. The van der Waals surface area contributed by atoms with Gasteiger partial charge in [-0.25, -0.2) is 4.79 Å². The van der Waals surface area contributed by atoms with Gasteiger partial charge in [0.1, 0.15) is 6.61 Å². The van der Waals surface area contributed by atoms with Crippen LogP contribution in [-0.4, -0.2) is 30.1 Å². The third kappa shape index (κ3) is 4.50. The van der Waals surface area contributed by atoms with E-state index >= 15 is 0 Å². The first-order chi connectivity index (χ1) is 9.99. The Balaban J connectivity index is 1.90. The topological polar surface area (TPSA) is 55.6 Å². The van der Waals surface area contributed by atoms with Gasteiger partial charge in [-0.2, -0.15) is 0 Å². The molecule has 0 saturated carbocycles. The first kappa shape index (κ1) is 16.4. The summed E-state index contributed by atoms with van der Waals surface area (Å²) in [5.74, 6) is 0.496. The van der Waals surface area contributed by atoms with Gasteiger partial charge in [0.25, 0.3) is 0 Å². The molecular formula is C15H20Cl2N2O2. The van der Waals surface area contributed by atoms with Gasteiger partial charge in [0, 0.05) is 22.6 Å². The molecule has 21 heavy (non-hydrogen) atoms. The number of nitrogens with two attached hydrogens (primary N) is 1. The molecule has 1 aromatic carbocycles. The van der Waals surface area contributed by atoms with Crippen LogP contribution in [-0.2, 0) is 11.3 Å². The molecule has 4 nitrogen and oxygen atoms in total. The molecule has 2 atom stereocenters. The van der Waals surface area contributed by atoms with Crippen molar-refractivity contribution in [2.45, 2.75) is 32.4 Å². The molecule has 1 fully saturated rings. The van der Waals surface area contributed by atoms with Gasteiger partial charge in [-0.3, -0.25) is 0 Å². The van der Waals surface area contributed by atoms with Crippen molar-refractivity contribution in [3.63, 3.8) is 0 Å². The van der Waals surface area contributed by atoms with Crippen LogP contribution in [0.3, 0.4) is 0 Å². The summed E-state index contributed by atoms with van der Waals surface area (Å²) in [5, 5.41) is 1.07. The average molecular weight is 331 g/mol. The lowest BCUT2D eigenvalue weighted by Gasteiger charge is -2.36. The number of likely N-dealkylation sites (tertiary alicyclic amines) is 1. The lowest BCUT2D eigenvalue weighted by atomic mass is 9.92. The Morgan fingerprint density at radius 1 is 1.38 bits per heavy atom. The van der Waals surface area contributed by atoms with Gasteiger partial charge in [0.2, 0.25) is 0 Å². The average Bonchev–Trinajstić information content (AvgIpc) is 2.43. The summed E-state index contributed by atoms with van der Waals surface area (Å²) in [6.45, 7) is 3.56. The molecule has 116 valence electrons. The van der Waals surface area contributed by atoms with Crippen molar-refractivity contribution in [1.29, 1.82) is 0 Å². The summed E-state index contributed by atoms with van der Waals surface area (Å²) < 4.78 is 5.36. The largest absolute Gasteiger partial charge is 0.445 e. The van der Waals surface area contributed by atoms with Crippen molar-refractivity contribution in [3.05, 3.63) is 33.8 Å². The summed E-state index contributed by atoms with van der Waals surface area (Å²) in [6, 6.07) is 5.28. The summed E-state index contributed by atoms with van der Waals surface area (Å²) in [6.07, 6.45) is 1.56. The van der Waals surface area contributed by atoms with E-state index in [1.165, 1.54) is 0 Å². The van der Waals surface area contributed by atoms with Crippen molar-refractivity contribution in [3.8, 4) is 0 Å². The number of hydrogen-bond acceptors (Lipinski definition) is 3. The van der Waals surface area contributed by atoms with Crippen molar-refractivity contribution >= 4 is 29.3 Å². The van der Waals surface area contributed by atoms with Crippen molar-refractivity contribution in [2.75, 3.05) is 13.1 Å². The highest BCUT2D eigenvalue weighted by Crippen LogP contribution is 2.23. The van der Waals surface area contributed by atoms with Crippen molar-refractivity contribution in [2.24, 2.45) is 11.7 Å². The van der Waals surface area contributed by atoms with Gasteiger partial charge in [-0.05, 0) is 56.0 Å². The van der Waals surface area contributed by atoms with Crippen LogP contribution in [0.5, 0.6) is 0 Å². The van der Waals surface area contributed by atoms with Gasteiger partial charge in [0.15, 0.2) is 0 Å². The second kappa shape index (κ2) is 7.34. The Morgan fingerprint density at radius 3 is 2.62 bits per heavy atom. The minimum absolute atomic E-state index is 0.155. The van der Waals surface area contributed by atoms with E-state index < -0.39 is 0 Å². The van der Waals surface area contributed by atoms with Crippen LogP contribution in [0.15, 0.2) is 18.2 Å². The molecule has 0 aromatic heterocycles. The molecule has 1 aliphatic heterocycles. The van der Waals surface area contributed by atoms with Gasteiger partial charge < -0.3 is 15.4 Å². The molecule has 0 aliphatic carbocycles. The maximum absolute atomic E-state index is 12.2. The Bertz CT molecular complexity index is 490. The molecule has 2 rings (SSSR count). The highest BCUT2D eigenvalue weighted by atomic mass is 35.5. The fraction of sp³-hybridized carbons (Fsp3) is 0.533. The van der Waals surface area contributed by atoms with E-state index in [1.54, 1.807) is 23.1 Å². The smallest absolute Gasteiger partial charge is 0.410 e. The molecule has 0 radical (unpaired) electrons. The van der Waals surface area contributed by atoms with Crippen LogP contribution in [0.2, 0.25) is 10.0 Å². The second-order valence-electron chi connectivity index (χ2n) is 5.50. The van der Waals surface area contributed by atoms with Crippen LogP contribution in [0.4, 0.5) is 4.79 Å². The fourth-order valence-electron chi connectivity index (χ4n) is 2.68. The second-order valence-corrected chi connectivity index (χ2v) is 6.37. The minimum atomic E-state index is -0.297. The predicted octanol–water partition coefficient (Wildman–Crippen LogP) is 3.69. The molecule has 0 unspecified atom stereocenters. The number of carbonyl (C=O) groups excluding carboxylic acids is 1. The van der Waals surface area contributed by atoms with Crippen LogP contribution in [0.1, 0.15) is 25.3 Å². The van der Waals surface area contributed by atoms with Gasteiger partial charge >= 0.3 is 6.09 Å². The quantitative estimate of drug-likeness (QED) is 0.919. The Labute approximate surface area is 135 Å². The number of hydrogen-bond donors (Lipinski definition) is 1. The Morgan fingerprint density at radius 2 is 2.05 bits per heavy atom. The Hall–Kier alpha value is -0.970. The zero-order chi connectivity index (χ0) is 15.4. The SMILES string of the molecule is C[C@H]1C[C@H](CN)CCN1C(=O)OCc1cc(Cl)cc(Cl)c1. The summed E-state index contributed by atoms with van der Waals surface area (Å²) in [7, 11) is 0. The van der Waals surface area contributed by atoms with Gasteiger partial charge in [0.05, 0.1) is 0 Å². The highest BCUT2D eigenvalue weighted by Gasteiger charge is 2.29. The molecule has 1 heterocycles. The van der Waals surface area contributed by atoms with E-state index in [-0.39, 0.29) is 18.7 Å². The number of nitrogens with zero attached hydrogens (tertiary/aromatic N) is 1. The van der Waals surface area contributed by atoms with Gasteiger partial charge in [-0.1, -0.05) is 23.2 Å². The summed E-state index contributed by atoms with van der Waals surface area (Å²) >= 11 is 11.8. The number of ether oxygens (including phenoxy) is 1. The standard InChI is InChI=1S/C15H20Cl2N2O2/c1-10-4-11(8-18)2-3-19(10)15(20)21-9-12-5-13(16)7-14(17)6-12/h5-7,10-11H,2-4,8-9,18H2,1H3/t10-,11+/m0/s1. The monoisotopic (exact) mass is 330 g/mol. The van der Waals surface area contributed by atoms with Crippen molar-refractivity contribution < 1.29 is 9.53 Å². The third-order valence-corrected chi connectivity index (χ3v) is 4.27. The van der Waals surface area contributed by atoms with Gasteiger partial charge in [-0.15, -0.1) is 0 Å². The lowest BCUT2D eigenvalue weighted by molar-refractivity contribution is 0.0625. The molecule has 6 heteroatoms. The highest BCUT2D eigenvalue weighted by molar-refractivity contribution is 6.34. The first-order valence-corrected chi connectivity index (χ1v) is 7.83. The first-order valence-electron chi connectivity index (χ1n) is 7.08. The minimum Gasteiger partial charge on any atom is -0.445 e. The lowest BCUT2D eigenvalue weighted by Crippen LogP contribution is -2.46. The number of benzene rings is 1. The molecule has 0 bridgehead atoms. The molecular weight excluding hydrogens is 311 g/mol. The van der Waals surface area contributed by atoms with Crippen LogP contribution < -0.4 is 5.73 Å². The van der Waals surface area contributed by atoms with E-state index in [0.717, 1.165) is 18.4 Å². The number of rotatable bonds is 3. The van der Waals surface area contributed by atoms with E-state index in [2.05, 4.69) is 0 Å². The van der Waals surface area contributed by atoms with E-state index in [0.29, 0.717) is 29.1 Å². The van der Waals surface area contributed by atoms with E-state index in [1.807, 2.05) is 6.92 Å². The van der Waals surface area contributed by atoms with Crippen LogP contribution in [0.25, 0.3) is 0 Å². The fourth-order valence-corrected chi connectivity index (χ4v) is 3.25. The predicted molar refractivity (Wildman–Crippen MR) is 84.6 cm³/mol. The molecule has 2 N–H and O–H groups in total. The van der Waals surface area contributed by atoms with E-state index in [4.69, 9.17) is 33.7 Å². The number of amides is 1. The third-order valence-electron chi connectivity index (χ3n) is 3.84. The zero-order valence-corrected chi connectivity index (χ0v) is 13.5. The molecule has 0 spiro atoms. The van der Waals surface area contributed by atoms with Crippen LogP contribution >= 0.6 is 23.2 Å². The summed E-state index contributed by atoms with van der Waals surface area (Å²) in [5.41, 5.74) is 6.47. The van der Waals surface area contributed by atoms with Crippen molar-refractivity contribution in [1.82, 2.24) is 4.90 Å². The molecule has 1 saturated heterocycles. The van der Waals surface area contributed by atoms with Crippen LogP contribution in [0, 0.1) is 5.92 Å². The molecule has 1 amide bonds. The number of carbonyl (C=O) groups is 1. The summed E-state index contributed by atoms with van der Waals surface area (Å²) in [4.78, 5) is 13.9. The maximum Gasteiger partial charge on any atom is 0.410 e. The Kier molecular flexibility index (Phi) is 5.73. The molecule has 1 aromatic rings. The number of piperidine rings is 1. The number of halogens is 2.